The van der Waals surface area contributed by atoms with Gasteiger partial charge in [0.25, 0.3) is 5.91 Å². The number of imidazole rings is 1. The maximum Gasteiger partial charge on any atom is 0.254 e. The zero-order valence-corrected chi connectivity index (χ0v) is 20.5. The summed E-state index contributed by atoms with van der Waals surface area (Å²) in [6.07, 6.45) is 4.63. The lowest BCUT2D eigenvalue weighted by Crippen LogP contribution is -2.37. The van der Waals surface area contributed by atoms with Crippen LogP contribution in [-0.4, -0.2) is 63.6 Å². The highest BCUT2D eigenvalue weighted by atomic mass is 32.2. The Labute approximate surface area is 212 Å². The van der Waals surface area contributed by atoms with E-state index in [2.05, 4.69) is 25.4 Å². The number of rotatable bonds is 5. The molecule has 1 fully saturated rings. The number of anilines is 3. The Balaban J connectivity index is 1.39. The number of ether oxygens (including phenoxy) is 1. The molecule has 3 aliphatic rings. The minimum absolute atomic E-state index is 0.260. The molecule has 36 heavy (non-hydrogen) atoms. The summed E-state index contributed by atoms with van der Waals surface area (Å²) in [5, 5.41) is 23.2. The van der Waals surface area contributed by atoms with Crippen LogP contribution in [0.2, 0.25) is 0 Å². The Bertz CT molecular complexity index is 1390. The summed E-state index contributed by atoms with van der Waals surface area (Å²) in [6.45, 7) is 5.58. The quantitative estimate of drug-likeness (QED) is 0.508. The Hall–Kier alpha value is -3.83. The Morgan fingerprint density at radius 2 is 2.08 bits per heavy atom. The molecule has 10 nitrogen and oxygen atoms in total. The number of nitrogens with one attached hydrogen (secondary N) is 1. The number of aliphatic hydroxyl groups excluding tert-OH is 1. The second-order valence-electron chi connectivity index (χ2n) is 8.59. The number of hydrogen-bond acceptors (Lipinski definition) is 9. The Morgan fingerprint density at radius 3 is 2.86 bits per heavy atom. The van der Waals surface area contributed by atoms with Crippen LogP contribution in [0.25, 0.3) is 5.57 Å². The first-order valence-electron chi connectivity index (χ1n) is 11.8. The second-order valence-corrected chi connectivity index (χ2v) is 9.62. The van der Waals surface area contributed by atoms with Crippen LogP contribution in [0.3, 0.4) is 0 Å². The van der Waals surface area contributed by atoms with E-state index in [-0.39, 0.29) is 5.91 Å². The highest BCUT2D eigenvalue weighted by Gasteiger charge is 2.40. The molecule has 0 unspecified atom stereocenters. The minimum Gasteiger partial charge on any atom is -0.515 e. The third-order valence-electron chi connectivity index (χ3n) is 6.52. The van der Waals surface area contributed by atoms with Gasteiger partial charge in [0.2, 0.25) is 0 Å². The van der Waals surface area contributed by atoms with Crippen molar-refractivity contribution in [3.63, 3.8) is 0 Å². The van der Waals surface area contributed by atoms with E-state index in [1.165, 1.54) is 11.8 Å². The molecule has 6 rings (SSSR count). The van der Waals surface area contributed by atoms with Gasteiger partial charge < -0.3 is 24.6 Å². The monoisotopic (exact) mass is 503 g/mol. The van der Waals surface area contributed by atoms with Crippen molar-refractivity contribution in [1.29, 1.82) is 0 Å². The number of carbonyl (C=O) groups excluding carboxylic acids is 1. The highest BCUT2D eigenvalue weighted by Crippen LogP contribution is 2.56. The number of aromatic nitrogens is 4. The van der Waals surface area contributed by atoms with Gasteiger partial charge in [-0.15, -0.1) is 10.2 Å². The molecule has 0 saturated carbocycles. The molecule has 1 aromatic carbocycles. The number of amides is 1. The second kappa shape index (κ2) is 9.32. The van der Waals surface area contributed by atoms with Crippen LogP contribution in [0.4, 0.5) is 17.3 Å². The van der Waals surface area contributed by atoms with E-state index in [4.69, 9.17) is 4.74 Å². The van der Waals surface area contributed by atoms with E-state index in [0.29, 0.717) is 72.8 Å². The fraction of sp³-hybridized carbons (Fsp3) is 0.280. The van der Waals surface area contributed by atoms with Gasteiger partial charge in [-0.3, -0.25) is 9.69 Å². The lowest BCUT2D eigenvalue weighted by Gasteiger charge is -2.32. The largest absolute Gasteiger partial charge is 0.515 e. The van der Waals surface area contributed by atoms with Gasteiger partial charge in [0.05, 0.1) is 35.8 Å². The van der Waals surface area contributed by atoms with E-state index in [1.54, 1.807) is 6.20 Å². The number of aryl methyl sites for hydroxylation is 1. The van der Waals surface area contributed by atoms with E-state index >= 15 is 0 Å². The molecule has 184 valence electrons. The lowest BCUT2D eigenvalue weighted by atomic mass is 9.95. The van der Waals surface area contributed by atoms with E-state index in [9.17, 15) is 9.90 Å². The average molecular weight is 504 g/mol. The number of carbonyl (C=O) groups is 1. The molecular weight excluding hydrogens is 478 g/mol. The maximum absolute atomic E-state index is 13.6. The molecule has 11 heteroatoms. The third kappa shape index (κ3) is 3.80. The SMILES string of the molecule is Cc1nccn1CCNC(=O)C1=C2Sc3ccccc3N2c2nnc(N3CCOCC3)cc2/C1=C/O. The molecule has 0 aliphatic carbocycles. The van der Waals surface area contributed by atoms with Crippen LogP contribution in [0.1, 0.15) is 11.4 Å². The Kier molecular flexibility index (Phi) is 5.86. The summed E-state index contributed by atoms with van der Waals surface area (Å²) < 4.78 is 7.45. The van der Waals surface area contributed by atoms with Gasteiger partial charge in [-0.2, -0.15) is 0 Å². The van der Waals surface area contributed by atoms with Gasteiger partial charge in [0, 0.05) is 54.6 Å². The molecule has 0 atom stereocenters. The van der Waals surface area contributed by atoms with Gasteiger partial charge in [0.1, 0.15) is 5.82 Å². The van der Waals surface area contributed by atoms with Crippen molar-refractivity contribution in [3.05, 3.63) is 71.0 Å². The number of morpholine rings is 1. The smallest absolute Gasteiger partial charge is 0.254 e. The summed E-state index contributed by atoms with van der Waals surface area (Å²) in [7, 11) is 0. The molecule has 3 aromatic rings. The lowest BCUT2D eigenvalue weighted by molar-refractivity contribution is -0.117. The fourth-order valence-electron chi connectivity index (χ4n) is 4.67. The minimum atomic E-state index is -0.260. The average Bonchev–Trinajstić information content (AvgIpc) is 3.51. The van der Waals surface area contributed by atoms with E-state index in [1.807, 2.05) is 52.9 Å². The highest BCUT2D eigenvalue weighted by molar-refractivity contribution is 8.03. The summed E-state index contributed by atoms with van der Waals surface area (Å²) in [5.74, 6) is 1.90. The molecule has 1 amide bonds. The van der Waals surface area contributed by atoms with Crippen LogP contribution >= 0.6 is 11.8 Å². The predicted octanol–water partition coefficient (Wildman–Crippen LogP) is 3.00. The third-order valence-corrected chi connectivity index (χ3v) is 7.66. The fourth-order valence-corrected chi connectivity index (χ4v) is 5.87. The summed E-state index contributed by atoms with van der Waals surface area (Å²) in [4.78, 5) is 22.9. The first kappa shape index (κ1) is 22.6. The van der Waals surface area contributed by atoms with Crippen molar-refractivity contribution in [2.75, 3.05) is 42.6 Å². The normalized spacial score (nSPS) is 17.8. The first-order chi connectivity index (χ1) is 17.7. The molecule has 2 aromatic heterocycles. The number of para-hydroxylation sites is 1. The number of thioether (sulfide) groups is 1. The van der Waals surface area contributed by atoms with Crippen molar-refractivity contribution in [2.24, 2.45) is 0 Å². The molecule has 5 heterocycles. The van der Waals surface area contributed by atoms with Gasteiger partial charge in [-0.05, 0) is 25.1 Å². The topological polar surface area (TPSA) is 109 Å². The van der Waals surface area contributed by atoms with Gasteiger partial charge in [-0.1, -0.05) is 23.9 Å². The molecule has 2 N–H and O–H groups in total. The number of aliphatic hydroxyl groups is 1. The van der Waals surface area contributed by atoms with E-state index in [0.717, 1.165) is 22.7 Å². The van der Waals surface area contributed by atoms with Gasteiger partial charge in [-0.25, -0.2) is 4.98 Å². The van der Waals surface area contributed by atoms with Crippen LogP contribution < -0.4 is 15.1 Å². The zero-order valence-electron chi connectivity index (χ0n) is 19.7. The van der Waals surface area contributed by atoms with Crippen molar-refractivity contribution >= 4 is 40.6 Å². The first-order valence-corrected chi connectivity index (χ1v) is 12.6. The molecular formula is C25H25N7O3S. The van der Waals surface area contributed by atoms with Crippen molar-refractivity contribution in [1.82, 2.24) is 25.1 Å². The van der Waals surface area contributed by atoms with Crippen molar-refractivity contribution < 1.29 is 14.6 Å². The van der Waals surface area contributed by atoms with Gasteiger partial charge in [0.15, 0.2) is 11.6 Å². The molecule has 3 aliphatic heterocycles. The maximum atomic E-state index is 13.6. The standard InChI is InChI=1S/C25H25N7O3S/c1-16-26-6-8-30(16)9-7-27-24(34)22-18(15-33)17-14-21(31-10-12-35-13-11-31)28-29-23(17)32-19-4-2-3-5-20(19)36-25(22)32/h2-6,8,14-15,33H,7,9-13H2,1H3,(H,27,34)/b18-15-. The van der Waals surface area contributed by atoms with Crippen LogP contribution in [0.5, 0.6) is 0 Å². The molecule has 0 radical (unpaired) electrons. The van der Waals surface area contributed by atoms with Crippen LogP contribution in [0, 0.1) is 6.92 Å². The van der Waals surface area contributed by atoms with E-state index < -0.39 is 0 Å². The number of benzene rings is 1. The predicted molar refractivity (Wildman–Crippen MR) is 137 cm³/mol. The summed E-state index contributed by atoms with van der Waals surface area (Å²) in [5.41, 5.74) is 2.43. The zero-order chi connectivity index (χ0) is 24.6. The van der Waals surface area contributed by atoms with Crippen molar-refractivity contribution in [3.8, 4) is 0 Å². The number of nitrogens with zero attached hydrogens (tertiary/aromatic N) is 6. The van der Waals surface area contributed by atoms with Crippen LogP contribution in [0.15, 0.2) is 64.5 Å². The molecule has 0 bridgehead atoms. The van der Waals surface area contributed by atoms with Crippen molar-refractivity contribution in [2.45, 2.75) is 18.4 Å². The van der Waals surface area contributed by atoms with Crippen LogP contribution in [-0.2, 0) is 16.1 Å². The summed E-state index contributed by atoms with van der Waals surface area (Å²) >= 11 is 1.49. The van der Waals surface area contributed by atoms with Gasteiger partial charge >= 0.3 is 0 Å². The molecule has 1 saturated heterocycles. The Morgan fingerprint density at radius 1 is 1.25 bits per heavy atom. The number of fused-ring (bicyclic) bond motifs is 5. The summed E-state index contributed by atoms with van der Waals surface area (Å²) in [6, 6.07) is 9.85. The number of hydrogen-bond donors (Lipinski definition) is 2. The molecule has 0 spiro atoms.